The Labute approximate surface area is 88.7 Å². The van der Waals surface area contributed by atoms with Gasteiger partial charge in [-0.1, -0.05) is 25.5 Å². The standard InChI is InChI=1S/C12H14O3/c1-2-3-7-10-8-5-4-6-9(13)11(8)12(14)15-10/h4-6,10,13H,2-3,7H2,1H3/t10-/m1/s1. The Bertz CT molecular complexity index is 384. The van der Waals surface area contributed by atoms with Crippen LogP contribution in [0.25, 0.3) is 0 Å². The number of unbranched alkanes of at least 4 members (excludes halogenated alkanes) is 1. The molecule has 2 rings (SSSR count). The zero-order valence-corrected chi connectivity index (χ0v) is 8.69. The minimum Gasteiger partial charge on any atom is -0.507 e. The molecule has 15 heavy (non-hydrogen) atoms. The molecule has 3 heteroatoms. The number of benzene rings is 1. The van der Waals surface area contributed by atoms with Crippen LogP contribution in [0.3, 0.4) is 0 Å². The molecule has 0 radical (unpaired) electrons. The average Bonchev–Trinajstić information content (AvgIpc) is 2.54. The molecule has 1 aliphatic rings. The minimum absolute atomic E-state index is 0.0245. The number of cyclic esters (lactones) is 1. The Balaban J connectivity index is 2.30. The molecule has 1 N–H and O–H groups in total. The Hall–Kier alpha value is -1.51. The third-order valence-electron chi connectivity index (χ3n) is 2.69. The molecule has 0 bridgehead atoms. The van der Waals surface area contributed by atoms with Gasteiger partial charge in [0.2, 0.25) is 0 Å². The van der Waals surface area contributed by atoms with Gasteiger partial charge < -0.3 is 9.84 Å². The molecule has 80 valence electrons. The maximum atomic E-state index is 11.5. The van der Waals surface area contributed by atoms with Gasteiger partial charge in [0, 0.05) is 5.56 Å². The maximum Gasteiger partial charge on any atom is 0.342 e. The fraction of sp³-hybridized carbons (Fsp3) is 0.417. The number of esters is 1. The first-order valence-electron chi connectivity index (χ1n) is 5.27. The second-order valence-corrected chi connectivity index (χ2v) is 3.78. The largest absolute Gasteiger partial charge is 0.507 e. The van der Waals surface area contributed by atoms with Crippen molar-refractivity contribution in [3.8, 4) is 5.75 Å². The van der Waals surface area contributed by atoms with E-state index in [0.29, 0.717) is 5.56 Å². The van der Waals surface area contributed by atoms with E-state index >= 15 is 0 Å². The predicted octanol–water partition coefficient (Wildman–Crippen LogP) is 2.79. The molecule has 0 fully saturated rings. The van der Waals surface area contributed by atoms with Gasteiger partial charge in [-0.2, -0.15) is 0 Å². The highest BCUT2D eigenvalue weighted by atomic mass is 16.5. The summed E-state index contributed by atoms with van der Waals surface area (Å²) in [5.41, 5.74) is 1.17. The molecule has 0 saturated carbocycles. The summed E-state index contributed by atoms with van der Waals surface area (Å²) in [6.07, 6.45) is 2.76. The fourth-order valence-corrected chi connectivity index (χ4v) is 1.90. The third kappa shape index (κ3) is 1.69. The van der Waals surface area contributed by atoms with Gasteiger partial charge in [0.1, 0.15) is 17.4 Å². The number of rotatable bonds is 3. The van der Waals surface area contributed by atoms with Crippen LogP contribution in [0.15, 0.2) is 18.2 Å². The number of ether oxygens (including phenoxy) is 1. The van der Waals surface area contributed by atoms with E-state index in [4.69, 9.17) is 4.74 Å². The van der Waals surface area contributed by atoms with E-state index in [1.807, 2.05) is 6.07 Å². The Morgan fingerprint density at radius 2 is 2.27 bits per heavy atom. The van der Waals surface area contributed by atoms with Crippen LogP contribution in [0.1, 0.15) is 48.2 Å². The van der Waals surface area contributed by atoms with Crippen LogP contribution < -0.4 is 0 Å². The van der Waals surface area contributed by atoms with E-state index < -0.39 is 5.97 Å². The van der Waals surface area contributed by atoms with Crippen LogP contribution in [-0.2, 0) is 4.74 Å². The topological polar surface area (TPSA) is 46.5 Å². The van der Waals surface area contributed by atoms with Crippen molar-refractivity contribution in [2.75, 3.05) is 0 Å². The van der Waals surface area contributed by atoms with Crippen molar-refractivity contribution in [1.29, 1.82) is 0 Å². The van der Waals surface area contributed by atoms with Crippen LogP contribution in [0, 0.1) is 0 Å². The van der Waals surface area contributed by atoms with E-state index in [1.165, 1.54) is 6.07 Å². The highest BCUT2D eigenvalue weighted by Gasteiger charge is 2.32. The molecule has 3 nitrogen and oxygen atoms in total. The SMILES string of the molecule is CCCC[C@H]1OC(=O)c2c(O)cccc21. The summed E-state index contributed by atoms with van der Waals surface area (Å²) in [7, 11) is 0. The molecule has 0 aromatic heterocycles. The second-order valence-electron chi connectivity index (χ2n) is 3.78. The van der Waals surface area contributed by atoms with Gasteiger partial charge in [0.15, 0.2) is 0 Å². The van der Waals surface area contributed by atoms with Crippen LogP contribution in [0.2, 0.25) is 0 Å². The number of hydrogen-bond acceptors (Lipinski definition) is 3. The van der Waals surface area contributed by atoms with Crippen molar-refractivity contribution in [2.45, 2.75) is 32.3 Å². The van der Waals surface area contributed by atoms with Crippen molar-refractivity contribution in [3.05, 3.63) is 29.3 Å². The van der Waals surface area contributed by atoms with E-state index in [-0.39, 0.29) is 11.9 Å². The lowest BCUT2D eigenvalue weighted by atomic mass is 10.0. The summed E-state index contributed by atoms with van der Waals surface area (Å²) >= 11 is 0. The van der Waals surface area contributed by atoms with Crippen molar-refractivity contribution in [3.63, 3.8) is 0 Å². The molecular formula is C12H14O3. The number of phenols is 1. The molecule has 1 atom stereocenters. The molecule has 1 aliphatic heterocycles. The Morgan fingerprint density at radius 1 is 1.47 bits per heavy atom. The molecule has 0 aliphatic carbocycles. The molecule has 0 spiro atoms. The minimum atomic E-state index is -0.399. The number of aromatic hydroxyl groups is 1. The van der Waals surface area contributed by atoms with Crippen molar-refractivity contribution in [1.82, 2.24) is 0 Å². The lowest BCUT2D eigenvalue weighted by Gasteiger charge is -2.09. The average molecular weight is 206 g/mol. The van der Waals surface area contributed by atoms with Gasteiger partial charge >= 0.3 is 5.97 Å². The highest BCUT2D eigenvalue weighted by molar-refractivity contribution is 5.96. The number of carbonyl (C=O) groups is 1. The molecular weight excluding hydrogens is 192 g/mol. The van der Waals surface area contributed by atoms with Gasteiger partial charge in [-0.25, -0.2) is 4.79 Å². The Morgan fingerprint density at radius 3 is 3.00 bits per heavy atom. The zero-order valence-electron chi connectivity index (χ0n) is 8.69. The molecule has 0 unspecified atom stereocenters. The molecule has 0 amide bonds. The predicted molar refractivity (Wildman–Crippen MR) is 55.8 cm³/mol. The smallest absolute Gasteiger partial charge is 0.342 e. The van der Waals surface area contributed by atoms with E-state index in [9.17, 15) is 9.90 Å². The fourth-order valence-electron chi connectivity index (χ4n) is 1.90. The van der Waals surface area contributed by atoms with Gasteiger partial charge in [0.05, 0.1) is 0 Å². The highest BCUT2D eigenvalue weighted by Crippen LogP contribution is 2.38. The zero-order chi connectivity index (χ0) is 10.8. The van der Waals surface area contributed by atoms with Crippen LogP contribution >= 0.6 is 0 Å². The quantitative estimate of drug-likeness (QED) is 0.773. The number of carbonyl (C=O) groups excluding carboxylic acids is 1. The number of phenolic OH excluding ortho intramolecular Hbond substituents is 1. The van der Waals surface area contributed by atoms with Gasteiger partial charge in [-0.15, -0.1) is 0 Å². The van der Waals surface area contributed by atoms with Crippen LogP contribution in [0.4, 0.5) is 0 Å². The lowest BCUT2D eigenvalue weighted by molar-refractivity contribution is 0.0363. The molecule has 0 saturated heterocycles. The number of hydrogen-bond donors (Lipinski definition) is 1. The van der Waals surface area contributed by atoms with E-state index in [1.54, 1.807) is 6.07 Å². The molecule has 1 heterocycles. The molecule has 1 aromatic carbocycles. The van der Waals surface area contributed by atoms with Crippen LogP contribution in [-0.4, -0.2) is 11.1 Å². The number of fused-ring (bicyclic) bond motifs is 1. The van der Waals surface area contributed by atoms with E-state index in [0.717, 1.165) is 24.8 Å². The second kappa shape index (κ2) is 3.93. The first-order valence-corrected chi connectivity index (χ1v) is 5.27. The molecule has 1 aromatic rings. The first-order chi connectivity index (χ1) is 7.24. The van der Waals surface area contributed by atoms with Crippen molar-refractivity contribution >= 4 is 5.97 Å². The lowest BCUT2D eigenvalue weighted by Crippen LogP contribution is -1.98. The summed E-state index contributed by atoms with van der Waals surface area (Å²) in [5, 5.41) is 9.54. The maximum absolute atomic E-state index is 11.5. The van der Waals surface area contributed by atoms with Crippen LogP contribution in [0.5, 0.6) is 5.75 Å². The van der Waals surface area contributed by atoms with Gasteiger partial charge in [-0.05, 0) is 18.9 Å². The summed E-state index contributed by atoms with van der Waals surface area (Å²) in [4.78, 5) is 11.5. The van der Waals surface area contributed by atoms with Gasteiger partial charge in [-0.3, -0.25) is 0 Å². The van der Waals surface area contributed by atoms with E-state index in [2.05, 4.69) is 6.92 Å². The summed E-state index contributed by atoms with van der Waals surface area (Å²) < 4.78 is 5.22. The van der Waals surface area contributed by atoms with Crippen molar-refractivity contribution in [2.24, 2.45) is 0 Å². The summed E-state index contributed by atoms with van der Waals surface area (Å²) in [6, 6.07) is 5.11. The summed E-state index contributed by atoms with van der Waals surface area (Å²) in [6.45, 7) is 2.10. The van der Waals surface area contributed by atoms with Crippen molar-refractivity contribution < 1.29 is 14.6 Å². The normalized spacial score (nSPS) is 18.7. The van der Waals surface area contributed by atoms with Gasteiger partial charge in [0.25, 0.3) is 0 Å². The Kier molecular flexibility index (Phi) is 2.62. The third-order valence-corrected chi connectivity index (χ3v) is 2.69. The monoisotopic (exact) mass is 206 g/mol. The first kappa shape index (κ1) is 10.0. The summed E-state index contributed by atoms with van der Waals surface area (Å²) in [5.74, 6) is -0.374.